The maximum absolute atomic E-state index is 12.8. The number of esters is 1. The molecular weight excluding hydrogens is 512 g/mol. The van der Waals surface area contributed by atoms with Gasteiger partial charge in [-0.25, -0.2) is 19.2 Å². The van der Waals surface area contributed by atoms with Gasteiger partial charge in [-0.1, -0.05) is 77.9 Å². The Labute approximate surface area is 234 Å². The average Bonchev–Trinajstić information content (AvgIpc) is 2.93. The molecule has 3 N–H and O–H groups in total. The molecule has 0 aromatic heterocycles. The summed E-state index contributed by atoms with van der Waals surface area (Å²) in [4.78, 5) is 45.1. The molecule has 0 atom stereocenters. The molecule has 8 heteroatoms. The summed E-state index contributed by atoms with van der Waals surface area (Å²) in [7, 11) is 0. The van der Waals surface area contributed by atoms with Crippen LogP contribution in [0.1, 0.15) is 107 Å². The highest BCUT2D eigenvalue weighted by Crippen LogP contribution is 2.38. The minimum atomic E-state index is -1.23. The van der Waals surface area contributed by atoms with Gasteiger partial charge in [0.2, 0.25) is 0 Å². The SMILES string of the molecule is CCC(C)(C)c1ccc(OC(=O)c2ccccc2C(=O)O)c(C(C)(C)CC)c1.O=C(O)c1ccccc1C(=O)O. The summed E-state index contributed by atoms with van der Waals surface area (Å²) in [5, 5.41) is 26.5. The topological polar surface area (TPSA) is 138 Å². The summed E-state index contributed by atoms with van der Waals surface area (Å²) >= 11 is 0. The standard InChI is InChI=1S/C24H30O4.C8H6O4/c1-7-23(3,4)16-13-14-20(19(15-16)24(5,6)8-2)28-22(27)18-12-10-9-11-17(18)21(25)26;9-7(10)5-3-1-2-4-6(5)8(11)12/h9-15H,7-8H2,1-6H3,(H,25,26);1-4H,(H,9,10)(H,11,12). The van der Waals surface area contributed by atoms with Crippen molar-refractivity contribution in [2.75, 3.05) is 0 Å². The summed E-state index contributed by atoms with van der Waals surface area (Å²) in [6.07, 6.45) is 1.86. The molecule has 0 spiro atoms. The van der Waals surface area contributed by atoms with Gasteiger partial charge in [0.1, 0.15) is 5.75 Å². The molecule has 0 aliphatic rings. The van der Waals surface area contributed by atoms with Crippen molar-refractivity contribution < 1.29 is 39.2 Å². The van der Waals surface area contributed by atoms with Crippen molar-refractivity contribution in [1.82, 2.24) is 0 Å². The number of carboxylic acid groups (broad SMARTS) is 3. The molecule has 0 radical (unpaired) electrons. The number of carboxylic acids is 3. The molecule has 212 valence electrons. The number of ether oxygens (including phenoxy) is 1. The second-order valence-electron chi connectivity index (χ2n) is 10.6. The third kappa shape index (κ3) is 7.56. The number of benzene rings is 3. The van der Waals surface area contributed by atoms with Crippen LogP contribution in [-0.4, -0.2) is 39.2 Å². The van der Waals surface area contributed by atoms with Gasteiger partial charge in [-0.05, 0) is 59.6 Å². The summed E-state index contributed by atoms with van der Waals surface area (Å²) in [6.45, 7) is 12.9. The van der Waals surface area contributed by atoms with Crippen LogP contribution in [0.4, 0.5) is 0 Å². The van der Waals surface area contributed by atoms with Crippen molar-refractivity contribution in [2.45, 2.75) is 65.2 Å². The second-order valence-corrected chi connectivity index (χ2v) is 10.6. The van der Waals surface area contributed by atoms with Crippen molar-refractivity contribution in [3.05, 3.63) is 100 Å². The first-order valence-electron chi connectivity index (χ1n) is 12.9. The number of hydrogen-bond acceptors (Lipinski definition) is 5. The van der Waals surface area contributed by atoms with E-state index in [1.165, 1.54) is 42.0 Å². The predicted octanol–water partition coefficient (Wildman–Crippen LogP) is 7.06. The van der Waals surface area contributed by atoms with Crippen LogP contribution in [0.25, 0.3) is 0 Å². The molecule has 3 aromatic carbocycles. The van der Waals surface area contributed by atoms with Gasteiger partial charge in [-0.3, -0.25) is 0 Å². The van der Waals surface area contributed by atoms with Gasteiger partial charge in [0.15, 0.2) is 0 Å². The van der Waals surface area contributed by atoms with Crippen LogP contribution in [0.3, 0.4) is 0 Å². The maximum atomic E-state index is 12.8. The van der Waals surface area contributed by atoms with Crippen molar-refractivity contribution >= 4 is 23.9 Å². The minimum absolute atomic E-state index is 0.0109. The van der Waals surface area contributed by atoms with Gasteiger partial charge in [0.25, 0.3) is 0 Å². The molecular formula is C32H36O8. The molecule has 0 aliphatic heterocycles. The van der Waals surface area contributed by atoms with Gasteiger partial charge in [-0.15, -0.1) is 0 Å². The van der Waals surface area contributed by atoms with Crippen LogP contribution in [-0.2, 0) is 10.8 Å². The fraction of sp³-hybridized carbons (Fsp3) is 0.312. The van der Waals surface area contributed by atoms with Gasteiger partial charge in [0.05, 0.1) is 22.3 Å². The lowest BCUT2D eigenvalue weighted by Crippen LogP contribution is -2.22. The molecule has 0 amide bonds. The quantitative estimate of drug-likeness (QED) is 0.191. The molecule has 3 rings (SSSR count). The van der Waals surface area contributed by atoms with E-state index in [4.69, 9.17) is 14.9 Å². The maximum Gasteiger partial charge on any atom is 0.344 e. The first-order valence-corrected chi connectivity index (χ1v) is 12.9. The summed E-state index contributed by atoms with van der Waals surface area (Å²) in [5.74, 6) is -3.79. The summed E-state index contributed by atoms with van der Waals surface area (Å²) in [6, 6.07) is 17.5. The Kier molecular flexibility index (Phi) is 10.4. The largest absolute Gasteiger partial charge is 0.478 e. The Balaban J connectivity index is 0.000000389. The fourth-order valence-corrected chi connectivity index (χ4v) is 3.82. The Morgan fingerprint density at radius 1 is 0.625 bits per heavy atom. The van der Waals surface area contributed by atoms with Crippen LogP contribution in [0.15, 0.2) is 66.7 Å². The van der Waals surface area contributed by atoms with E-state index < -0.39 is 23.9 Å². The van der Waals surface area contributed by atoms with Crippen LogP contribution < -0.4 is 4.74 Å². The molecule has 0 saturated carbocycles. The van der Waals surface area contributed by atoms with E-state index in [1.807, 2.05) is 12.1 Å². The fourth-order valence-electron chi connectivity index (χ4n) is 3.82. The van der Waals surface area contributed by atoms with Crippen LogP contribution >= 0.6 is 0 Å². The van der Waals surface area contributed by atoms with Crippen molar-refractivity contribution in [3.63, 3.8) is 0 Å². The van der Waals surface area contributed by atoms with Crippen LogP contribution in [0.5, 0.6) is 5.75 Å². The number of aromatic carboxylic acids is 3. The molecule has 3 aromatic rings. The van der Waals surface area contributed by atoms with Crippen molar-refractivity contribution in [1.29, 1.82) is 0 Å². The predicted molar refractivity (Wildman–Crippen MR) is 152 cm³/mol. The molecule has 40 heavy (non-hydrogen) atoms. The molecule has 0 aliphatic carbocycles. The van der Waals surface area contributed by atoms with Gasteiger partial charge in [0, 0.05) is 5.56 Å². The Morgan fingerprint density at radius 2 is 1.02 bits per heavy atom. The molecule has 0 unspecified atom stereocenters. The highest BCUT2D eigenvalue weighted by molar-refractivity contribution is 6.03. The van der Waals surface area contributed by atoms with Gasteiger partial charge in [-0.2, -0.15) is 0 Å². The molecule has 0 saturated heterocycles. The average molecular weight is 549 g/mol. The zero-order valence-electron chi connectivity index (χ0n) is 23.6. The smallest absolute Gasteiger partial charge is 0.344 e. The summed E-state index contributed by atoms with van der Waals surface area (Å²) in [5.41, 5.74) is 1.57. The van der Waals surface area contributed by atoms with E-state index in [1.54, 1.807) is 12.1 Å². The first-order chi connectivity index (χ1) is 18.7. The number of carbonyl (C=O) groups is 4. The lowest BCUT2D eigenvalue weighted by Gasteiger charge is -2.30. The molecule has 0 bridgehead atoms. The molecule has 0 fully saturated rings. The first kappa shape index (κ1) is 31.8. The van der Waals surface area contributed by atoms with E-state index in [-0.39, 0.29) is 33.1 Å². The van der Waals surface area contributed by atoms with Crippen LogP contribution in [0.2, 0.25) is 0 Å². The Bertz CT molecular complexity index is 1370. The zero-order chi connectivity index (χ0) is 30.3. The van der Waals surface area contributed by atoms with Crippen molar-refractivity contribution in [2.24, 2.45) is 0 Å². The van der Waals surface area contributed by atoms with E-state index in [0.717, 1.165) is 18.4 Å². The lowest BCUT2D eigenvalue weighted by atomic mass is 9.76. The van der Waals surface area contributed by atoms with Gasteiger partial charge < -0.3 is 20.1 Å². The number of hydrogen-bond donors (Lipinski definition) is 3. The molecule has 0 heterocycles. The molecule has 8 nitrogen and oxygen atoms in total. The van der Waals surface area contributed by atoms with E-state index in [2.05, 4.69) is 47.6 Å². The highest BCUT2D eigenvalue weighted by atomic mass is 16.5. The Morgan fingerprint density at radius 3 is 1.43 bits per heavy atom. The van der Waals surface area contributed by atoms with E-state index >= 15 is 0 Å². The Hall–Kier alpha value is -4.46. The van der Waals surface area contributed by atoms with Crippen molar-refractivity contribution in [3.8, 4) is 5.75 Å². The van der Waals surface area contributed by atoms with Gasteiger partial charge >= 0.3 is 23.9 Å². The second kappa shape index (κ2) is 13.1. The lowest BCUT2D eigenvalue weighted by molar-refractivity contribution is 0.0651. The number of rotatable bonds is 9. The third-order valence-corrected chi connectivity index (χ3v) is 7.23. The minimum Gasteiger partial charge on any atom is -0.478 e. The van der Waals surface area contributed by atoms with E-state index in [9.17, 15) is 24.3 Å². The van der Waals surface area contributed by atoms with Crippen LogP contribution in [0, 0.1) is 0 Å². The van der Waals surface area contributed by atoms with E-state index in [0.29, 0.717) is 5.75 Å². The summed E-state index contributed by atoms with van der Waals surface area (Å²) < 4.78 is 5.71. The third-order valence-electron chi connectivity index (χ3n) is 7.23. The number of carbonyl (C=O) groups excluding carboxylic acids is 1. The highest BCUT2D eigenvalue weighted by Gasteiger charge is 2.28. The monoisotopic (exact) mass is 548 g/mol. The zero-order valence-corrected chi connectivity index (χ0v) is 23.6. The normalized spacial score (nSPS) is 11.2.